The summed E-state index contributed by atoms with van der Waals surface area (Å²) in [5.74, 6) is -0.762. The van der Waals surface area contributed by atoms with Crippen molar-refractivity contribution in [2.24, 2.45) is 0 Å². The lowest BCUT2D eigenvalue weighted by atomic mass is 10.0. The van der Waals surface area contributed by atoms with Crippen LogP contribution in [0.3, 0.4) is 0 Å². The topological polar surface area (TPSA) is 86.8 Å². The Morgan fingerprint density at radius 3 is 1.80 bits per heavy atom. The van der Waals surface area contributed by atoms with Crippen molar-refractivity contribution in [3.63, 3.8) is 0 Å². The van der Waals surface area contributed by atoms with Crippen LogP contribution in [0.2, 0.25) is 0 Å². The van der Waals surface area contributed by atoms with Gasteiger partial charge in [0.15, 0.2) is 0 Å². The fourth-order valence-electron chi connectivity index (χ4n) is 4.54. The van der Waals surface area contributed by atoms with Crippen molar-refractivity contribution in [3.05, 3.63) is 132 Å². The molecule has 0 heterocycles. The number of carbonyl (C=O) groups is 2. The Morgan fingerprint density at radius 2 is 1.24 bits per heavy atom. The number of hydrogen-bond donors (Lipinski definition) is 1. The molecule has 0 radical (unpaired) electrons. The molecule has 0 aliphatic rings. The number of rotatable bonds is 13. The molecular weight excluding hydrogens is 534 g/mol. The van der Waals surface area contributed by atoms with Gasteiger partial charge in [-0.3, -0.25) is 13.9 Å². The molecule has 0 spiro atoms. The smallest absolute Gasteiger partial charge is 0.264 e. The van der Waals surface area contributed by atoms with Crippen molar-refractivity contribution in [1.82, 2.24) is 10.2 Å². The monoisotopic (exact) mass is 569 g/mol. The SMILES string of the molecule is CCCNC(=O)[C@@H](Cc1ccccc1)N(Cc1ccccc1)C(=O)CN(c1ccccc1)S(=O)(=O)c1ccccc1. The number of nitrogens with one attached hydrogen (secondary N) is 1. The molecule has 212 valence electrons. The quantitative estimate of drug-likeness (QED) is 0.244. The minimum atomic E-state index is -4.09. The van der Waals surface area contributed by atoms with Gasteiger partial charge in [-0.2, -0.15) is 0 Å². The van der Waals surface area contributed by atoms with Gasteiger partial charge in [-0.05, 0) is 41.8 Å². The fourth-order valence-corrected chi connectivity index (χ4v) is 5.98. The first-order valence-corrected chi connectivity index (χ1v) is 15.1. The Hall–Kier alpha value is -4.43. The Labute approximate surface area is 242 Å². The molecule has 0 aromatic heterocycles. The van der Waals surface area contributed by atoms with Crippen molar-refractivity contribution in [2.75, 3.05) is 17.4 Å². The van der Waals surface area contributed by atoms with E-state index in [1.54, 1.807) is 48.5 Å². The average molecular weight is 570 g/mol. The van der Waals surface area contributed by atoms with E-state index in [4.69, 9.17) is 0 Å². The van der Waals surface area contributed by atoms with Crippen LogP contribution in [0.4, 0.5) is 5.69 Å². The maximum absolute atomic E-state index is 14.3. The number of nitrogens with zero attached hydrogens (tertiary/aromatic N) is 2. The summed E-state index contributed by atoms with van der Waals surface area (Å²) in [6, 6.07) is 34.7. The predicted molar refractivity (Wildman–Crippen MR) is 162 cm³/mol. The summed E-state index contributed by atoms with van der Waals surface area (Å²) in [6.07, 6.45) is 1.03. The van der Waals surface area contributed by atoms with Crippen LogP contribution in [0.5, 0.6) is 0 Å². The third kappa shape index (κ3) is 7.83. The zero-order valence-corrected chi connectivity index (χ0v) is 23.9. The molecule has 2 amide bonds. The summed E-state index contributed by atoms with van der Waals surface area (Å²) < 4.78 is 28.8. The molecule has 41 heavy (non-hydrogen) atoms. The molecule has 0 bridgehead atoms. The van der Waals surface area contributed by atoms with Crippen molar-refractivity contribution in [1.29, 1.82) is 0 Å². The van der Waals surface area contributed by atoms with Gasteiger partial charge in [0, 0.05) is 19.5 Å². The van der Waals surface area contributed by atoms with Crippen LogP contribution < -0.4 is 9.62 Å². The second kappa shape index (κ2) is 14.3. The molecule has 1 atom stereocenters. The molecular formula is C33H35N3O4S. The van der Waals surface area contributed by atoms with Crippen LogP contribution >= 0.6 is 0 Å². The van der Waals surface area contributed by atoms with Crippen molar-refractivity contribution in [3.8, 4) is 0 Å². The molecule has 4 aromatic carbocycles. The second-order valence-corrected chi connectivity index (χ2v) is 11.5. The molecule has 0 fully saturated rings. The van der Waals surface area contributed by atoms with Crippen LogP contribution in [0.15, 0.2) is 126 Å². The lowest BCUT2D eigenvalue weighted by Gasteiger charge is -2.34. The van der Waals surface area contributed by atoms with E-state index < -0.39 is 28.5 Å². The number of hydrogen-bond acceptors (Lipinski definition) is 4. The van der Waals surface area contributed by atoms with E-state index in [2.05, 4.69) is 5.32 Å². The molecule has 1 N–H and O–H groups in total. The van der Waals surface area contributed by atoms with Gasteiger partial charge in [-0.25, -0.2) is 8.42 Å². The van der Waals surface area contributed by atoms with Crippen LogP contribution in [-0.2, 0) is 32.6 Å². The van der Waals surface area contributed by atoms with Gasteiger partial charge in [0.05, 0.1) is 10.6 Å². The Morgan fingerprint density at radius 1 is 0.732 bits per heavy atom. The number of anilines is 1. The van der Waals surface area contributed by atoms with Gasteiger partial charge in [0.2, 0.25) is 11.8 Å². The standard InChI is InChI=1S/C33H35N3O4S/c1-2-23-34-33(38)31(24-27-15-7-3-8-16-27)35(25-28-17-9-4-10-18-28)32(37)26-36(29-19-11-5-12-20-29)41(39,40)30-21-13-6-14-22-30/h3-22,31H,2,23-26H2,1H3,(H,34,38)/t31-/m1/s1. The maximum atomic E-state index is 14.3. The lowest BCUT2D eigenvalue weighted by Crippen LogP contribution is -2.53. The van der Waals surface area contributed by atoms with Gasteiger partial charge in [0.1, 0.15) is 12.6 Å². The highest BCUT2D eigenvalue weighted by Crippen LogP contribution is 2.24. The van der Waals surface area contributed by atoms with Crippen LogP contribution in [0.25, 0.3) is 0 Å². The van der Waals surface area contributed by atoms with Gasteiger partial charge in [-0.15, -0.1) is 0 Å². The Balaban J connectivity index is 1.75. The van der Waals surface area contributed by atoms with Crippen LogP contribution in [0, 0.1) is 0 Å². The molecule has 0 saturated carbocycles. The number of sulfonamides is 1. The van der Waals surface area contributed by atoms with Gasteiger partial charge in [0.25, 0.3) is 10.0 Å². The minimum Gasteiger partial charge on any atom is -0.354 e. The van der Waals surface area contributed by atoms with Crippen LogP contribution in [-0.4, -0.2) is 44.3 Å². The summed E-state index contributed by atoms with van der Waals surface area (Å²) in [5, 5.41) is 2.95. The maximum Gasteiger partial charge on any atom is 0.264 e. The number of amides is 2. The first-order chi connectivity index (χ1) is 19.9. The van der Waals surface area contributed by atoms with Gasteiger partial charge < -0.3 is 10.2 Å². The Kier molecular flexibility index (Phi) is 10.3. The third-order valence-corrected chi connectivity index (χ3v) is 8.46. The lowest BCUT2D eigenvalue weighted by molar-refractivity contribution is -0.140. The zero-order chi connectivity index (χ0) is 29.1. The zero-order valence-electron chi connectivity index (χ0n) is 23.1. The van der Waals surface area contributed by atoms with E-state index in [1.165, 1.54) is 17.0 Å². The minimum absolute atomic E-state index is 0.0767. The van der Waals surface area contributed by atoms with E-state index in [1.807, 2.05) is 67.6 Å². The Bertz CT molecular complexity index is 1500. The highest BCUT2D eigenvalue weighted by molar-refractivity contribution is 7.92. The average Bonchev–Trinajstić information content (AvgIpc) is 3.02. The largest absolute Gasteiger partial charge is 0.354 e. The molecule has 0 unspecified atom stereocenters. The van der Waals surface area contributed by atoms with Crippen molar-refractivity contribution in [2.45, 2.75) is 37.2 Å². The fraction of sp³-hybridized carbons (Fsp3) is 0.212. The van der Waals surface area contributed by atoms with Gasteiger partial charge in [-0.1, -0.05) is 104 Å². The molecule has 7 nitrogen and oxygen atoms in total. The molecule has 4 aromatic rings. The van der Waals surface area contributed by atoms with Crippen molar-refractivity contribution >= 4 is 27.5 Å². The van der Waals surface area contributed by atoms with E-state index >= 15 is 0 Å². The van der Waals surface area contributed by atoms with E-state index in [0.29, 0.717) is 12.2 Å². The summed E-state index contributed by atoms with van der Waals surface area (Å²) >= 11 is 0. The summed E-state index contributed by atoms with van der Waals surface area (Å²) in [6.45, 7) is 2.10. The van der Waals surface area contributed by atoms with Crippen LogP contribution in [0.1, 0.15) is 24.5 Å². The summed E-state index contributed by atoms with van der Waals surface area (Å²) in [7, 11) is -4.09. The highest BCUT2D eigenvalue weighted by Gasteiger charge is 2.34. The van der Waals surface area contributed by atoms with Gasteiger partial charge >= 0.3 is 0 Å². The molecule has 0 aliphatic carbocycles. The molecule has 0 saturated heterocycles. The van der Waals surface area contributed by atoms with E-state index in [-0.39, 0.29) is 23.8 Å². The van der Waals surface area contributed by atoms with E-state index in [9.17, 15) is 18.0 Å². The van der Waals surface area contributed by atoms with Crippen molar-refractivity contribution < 1.29 is 18.0 Å². The molecule has 8 heteroatoms. The first kappa shape index (κ1) is 29.6. The second-order valence-electron chi connectivity index (χ2n) is 9.66. The first-order valence-electron chi connectivity index (χ1n) is 13.7. The number of carbonyl (C=O) groups excluding carboxylic acids is 2. The number of para-hydroxylation sites is 1. The molecule has 4 rings (SSSR count). The summed E-state index contributed by atoms with van der Waals surface area (Å²) in [4.78, 5) is 29.4. The highest BCUT2D eigenvalue weighted by atomic mass is 32.2. The summed E-state index contributed by atoms with van der Waals surface area (Å²) in [5.41, 5.74) is 2.09. The number of benzene rings is 4. The molecule has 0 aliphatic heterocycles. The third-order valence-electron chi connectivity index (χ3n) is 6.67. The van der Waals surface area contributed by atoms with E-state index in [0.717, 1.165) is 21.9 Å². The predicted octanol–water partition coefficient (Wildman–Crippen LogP) is 5.05. The normalized spacial score (nSPS) is 11.8.